The SMILES string of the molecule is CCOc1ccc(-n2nnc3c(=O)n(Cc4ccc(C)cc4)cnc32)cc1. The van der Waals surface area contributed by atoms with Gasteiger partial charge in [-0.3, -0.25) is 9.36 Å². The van der Waals surface area contributed by atoms with E-state index < -0.39 is 0 Å². The predicted octanol–water partition coefficient (Wildman–Crippen LogP) is 2.73. The van der Waals surface area contributed by atoms with E-state index >= 15 is 0 Å². The van der Waals surface area contributed by atoms with E-state index in [1.165, 1.54) is 5.56 Å². The molecule has 0 N–H and O–H groups in total. The highest BCUT2D eigenvalue weighted by Crippen LogP contribution is 2.17. The molecule has 0 saturated heterocycles. The largest absolute Gasteiger partial charge is 0.494 e. The van der Waals surface area contributed by atoms with Crippen molar-refractivity contribution in [1.29, 1.82) is 0 Å². The lowest BCUT2D eigenvalue weighted by Gasteiger charge is -2.07. The van der Waals surface area contributed by atoms with Crippen molar-refractivity contribution < 1.29 is 4.74 Å². The van der Waals surface area contributed by atoms with Crippen LogP contribution in [0.3, 0.4) is 0 Å². The molecule has 0 aliphatic heterocycles. The van der Waals surface area contributed by atoms with E-state index in [4.69, 9.17) is 4.74 Å². The maximum atomic E-state index is 12.8. The maximum absolute atomic E-state index is 12.8. The molecule has 0 bridgehead atoms. The van der Waals surface area contributed by atoms with Crippen LogP contribution in [0.2, 0.25) is 0 Å². The molecule has 136 valence electrons. The lowest BCUT2D eigenvalue weighted by atomic mass is 10.1. The molecule has 0 spiro atoms. The predicted molar refractivity (Wildman–Crippen MR) is 102 cm³/mol. The van der Waals surface area contributed by atoms with E-state index in [0.29, 0.717) is 18.8 Å². The minimum atomic E-state index is -0.210. The van der Waals surface area contributed by atoms with Crippen LogP contribution in [0.5, 0.6) is 5.75 Å². The van der Waals surface area contributed by atoms with Crippen LogP contribution in [0.15, 0.2) is 59.7 Å². The zero-order chi connectivity index (χ0) is 18.8. The highest BCUT2D eigenvalue weighted by Gasteiger charge is 2.13. The first kappa shape index (κ1) is 17.0. The Kier molecular flexibility index (Phi) is 4.42. The Hall–Kier alpha value is -3.48. The van der Waals surface area contributed by atoms with Crippen LogP contribution in [0.1, 0.15) is 18.1 Å². The van der Waals surface area contributed by atoms with Crippen LogP contribution in [0.4, 0.5) is 0 Å². The maximum Gasteiger partial charge on any atom is 0.283 e. The van der Waals surface area contributed by atoms with Gasteiger partial charge >= 0.3 is 0 Å². The number of aromatic nitrogens is 5. The van der Waals surface area contributed by atoms with Gasteiger partial charge in [0.25, 0.3) is 5.56 Å². The fraction of sp³-hybridized carbons (Fsp3) is 0.200. The second-order valence-corrected chi connectivity index (χ2v) is 6.26. The summed E-state index contributed by atoms with van der Waals surface area (Å²) in [5.41, 5.74) is 3.45. The molecule has 0 fully saturated rings. The second kappa shape index (κ2) is 7.03. The number of aryl methyl sites for hydroxylation is 1. The third-order valence-corrected chi connectivity index (χ3v) is 4.30. The van der Waals surface area contributed by atoms with Gasteiger partial charge in [-0.05, 0) is 43.7 Å². The van der Waals surface area contributed by atoms with E-state index in [9.17, 15) is 4.79 Å². The number of nitrogens with zero attached hydrogens (tertiary/aromatic N) is 5. The van der Waals surface area contributed by atoms with Crippen LogP contribution in [-0.2, 0) is 6.54 Å². The van der Waals surface area contributed by atoms with Crippen LogP contribution in [0, 0.1) is 6.92 Å². The van der Waals surface area contributed by atoms with Gasteiger partial charge in [0, 0.05) is 0 Å². The minimum absolute atomic E-state index is 0.210. The van der Waals surface area contributed by atoms with Gasteiger partial charge in [-0.25, -0.2) is 4.98 Å². The molecule has 7 nitrogen and oxygen atoms in total. The van der Waals surface area contributed by atoms with E-state index in [0.717, 1.165) is 17.0 Å². The summed E-state index contributed by atoms with van der Waals surface area (Å²) in [5, 5.41) is 8.17. The number of benzene rings is 2. The Morgan fingerprint density at radius 3 is 2.48 bits per heavy atom. The molecular weight excluding hydrogens is 342 g/mol. The Labute approximate surface area is 155 Å². The molecule has 2 aromatic heterocycles. The summed E-state index contributed by atoms with van der Waals surface area (Å²) < 4.78 is 8.55. The van der Waals surface area contributed by atoms with Gasteiger partial charge in [0.15, 0.2) is 11.2 Å². The van der Waals surface area contributed by atoms with Crippen molar-refractivity contribution in [3.05, 3.63) is 76.3 Å². The van der Waals surface area contributed by atoms with Crippen molar-refractivity contribution in [2.24, 2.45) is 0 Å². The van der Waals surface area contributed by atoms with E-state index in [-0.39, 0.29) is 11.1 Å². The Balaban J connectivity index is 1.69. The van der Waals surface area contributed by atoms with Crippen molar-refractivity contribution in [3.63, 3.8) is 0 Å². The number of hydrogen-bond donors (Lipinski definition) is 0. The highest BCUT2D eigenvalue weighted by atomic mass is 16.5. The van der Waals surface area contributed by atoms with Crippen molar-refractivity contribution in [1.82, 2.24) is 24.5 Å². The molecule has 0 unspecified atom stereocenters. The lowest BCUT2D eigenvalue weighted by Crippen LogP contribution is -2.21. The average molecular weight is 361 g/mol. The van der Waals surface area contributed by atoms with Crippen molar-refractivity contribution >= 4 is 11.2 Å². The average Bonchev–Trinajstić information content (AvgIpc) is 3.11. The molecule has 0 aliphatic carbocycles. The number of rotatable bonds is 5. The van der Waals surface area contributed by atoms with E-state index in [1.54, 1.807) is 15.6 Å². The van der Waals surface area contributed by atoms with Crippen LogP contribution >= 0.6 is 0 Å². The fourth-order valence-electron chi connectivity index (χ4n) is 2.87. The summed E-state index contributed by atoms with van der Waals surface area (Å²) in [6.07, 6.45) is 1.54. The number of fused-ring (bicyclic) bond motifs is 1. The van der Waals surface area contributed by atoms with Crippen molar-refractivity contribution in [3.8, 4) is 11.4 Å². The van der Waals surface area contributed by atoms with Gasteiger partial charge in [0.05, 0.1) is 18.8 Å². The zero-order valence-electron chi connectivity index (χ0n) is 15.2. The molecule has 0 amide bonds. The molecule has 7 heteroatoms. The van der Waals surface area contributed by atoms with Crippen LogP contribution < -0.4 is 10.3 Å². The van der Waals surface area contributed by atoms with Gasteiger partial charge < -0.3 is 4.74 Å². The zero-order valence-corrected chi connectivity index (χ0v) is 15.2. The first-order valence-electron chi connectivity index (χ1n) is 8.75. The lowest BCUT2D eigenvalue weighted by molar-refractivity contribution is 0.340. The fourth-order valence-corrected chi connectivity index (χ4v) is 2.87. The molecule has 27 heavy (non-hydrogen) atoms. The van der Waals surface area contributed by atoms with E-state index in [1.807, 2.05) is 62.4 Å². The van der Waals surface area contributed by atoms with Crippen molar-refractivity contribution in [2.45, 2.75) is 20.4 Å². The van der Waals surface area contributed by atoms with Gasteiger partial charge in [-0.15, -0.1) is 5.10 Å². The first-order chi connectivity index (χ1) is 13.2. The van der Waals surface area contributed by atoms with Gasteiger partial charge in [0.1, 0.15) is 12.1 Å². The topological polar surface area (TPSA) is 74.8 Å². The van der Waals surface area contributed by atoms with Gasteiger partial charge in [-0.1, -0.05) is 35.0 Å². The monoisotopic (exact) mass is 361 g/mol. The van der Waals surface area contributed by atoms with Crippen LogP contribution in [0.25, 0.3) is 16.9 Å². The molecule has 0 saturated carbocycles. The molecule has 0 aliphatic rings. The minimum Gasteiger partial charge on any atom is -0.494 e. The molecule has 0 atom stereocenters. The molecule has 2 heterocycles. The number of ether oxygens (including phenoxy) is 1. The quantitative estimate of drug-likeness (QED) is 0.546. The smallest absolute Gasteiger partial charge is 0.283 e. The summed E-state index contributed by atoms with van der Waals surface area (Å²) in [6.45, 7) is 5.01. The third-order valence-electron chi connectivity index (χ3n) is 4.30. The molecular formula is C20H19N5O2. The summed E-state index contributed by atoms with van der Waals surface area (Å²) in [4.78, 5) is 17.2. The summed E-state index contributed by atoms with van der Waals surface area (Å²) in [5.74, 6) is 0.777. The Bertz CT molecular complexity index is 1130. The molecule has 0 radical (unpaired) electrons. The first-order valence-corrected chi connectivity index (χ1v) is 8.75. The summed E-state index contributed by atoms with van der Waals surface area (Å²) in [6, 6.07) is 15.5. The second-order valence-electron chi connectivity index (χ2n) is 6.26. The number of hydrogen-bond acceptors (Lipinski definition) is 5. The standard InChI is InChI=1S/C20H19N5O2/c1-3-27-17-10-8-16(9-11-17)25-19-18(22-23-25)20(26)24(13-21-19)12-15-6-4-14(2)5-7-15/h4-11,13H,3,12H2,1-2H3. The molecule has 4 rings (SSSR count). The van der Waals surface area contributed by atoms with Crippen LogP contribution in [-0.4, -0.2) is 31.2 Å². The van der Waals surface area contributed by atoms with Gasteiger partial charge in [0.2, 0.25) is 0 Å². The Morgan fingerprint density at radius 2 is 1.78 bits per heavy atom. The van der Waals surface area contributed by atoms with E-state index in [2.05, 4.69) is 15.3 Å². The molecule has 2 aromatic carbocycles. The van der Waals surface area contributed by atoms with Gasteiger partial charge in [-0.2, -0.15) is 4.68 Å². The van der Waals surface area contributed by atoms with Crippen molar-refractivity contribution in [2.75, 3.05) is 6.61 Å². The Morgan fingerprint density at radius 1 is 1.04 bits per heavy atom. The summed E-state index contributed by atoms with van der Waals surface area (Å²) >= 11 is 0. The normalized spacial score (nSPS) is 11.0. The highest BCUT2D eigenvalue weighted by molar-refractivity contribution is 5.70. The molecule has 4 aromatic rings. The third kappa shape index (κ3) is 3.31. The summed E-state index contributed by atoms with van der Waals surface area (Å²) in [7, 11) is 0.